The lowest BCUT2D eigenvalue weighted by molar-refractivity contribution is 0.117. The van der Waals surface area contributed by atoms with Crippen LogP contribution in [0, 0.1) is 5.41 Å². The van der Waals surface area contributed by atoms with Crippen molar-refractivity contribution >= 4 is 11.7 Å². The zero-order valence-corrected chi connectivity index (χ0v) is 15.9. The summed E-state index contributed by atoms with van der Waals surface area (Å²) >= 11 is 0. The number of rotatable bonds is 2. The highest BCUT2D eigenvalue weighted by Gasteiger charge is 2.42. The molecular weight excluding hydrogens is 344 g/mol. The van der Waals surface area contributed by atoms with Crippen LogP contribution in [-0.2, 0) is 7.05 Å². The van der Waals surface area contributed by atoms with Crippen LogP contribution in [0.2, 0.25) is 0 Å². The molecule has 1 unspecified atom stereocenters. The fourth-order valence-electron chi connectivity index (χ4n) is 4.34. The Morgan fingerprint density at radius 1 is 1.11 bits per heavy atom. The van der Waals surface area contributed by atoms with Crippen molar-refractivity contribution in [1.29, 1.82) is 0 Å². The van der Waals surface area contributed by atoms with Crippen LogP contribution in [-0.4, -0.2) is 63.4 Å². The number of nitrogens with one attached hydrogen (secondary N) is 1. The van der Waals surface area contributed by atoms with Gasteiger partial charge in [-0.1, -0.05) is 0 Å². The summed E-state index contributed by atoms with van der Waals surface area (Å²) in [6.45, 7) is 3.86. The zero-order valence-electron chi connectivity index (χ0n) is 15.9. The largest absolute Gasteiger partial charge is 0.350 e. The minimum Gasteiger partial charge on any atom is -0.324 e. The number of carbonyl (C=O) groups is 1. The first-order chi connectivity index (χ1) is 13.0. The van der Waals surface area contributed by atoms with Gasteiger partial charge in [0.1, 0.15) is 6.33 Å². The summed E-state index contributed by atoms with van der Waals surface area (Å²) in [6, 6.07) is 7.11. The molecule has 0 aliphatic carbocycles. The van der Waals surface area contributed by atoms with Gasteiger partial charge in [0.05, 0.1) is 5.69 Å². The van der Waals surface area contributed by atoms with E-state index >= 15 is 0 Å². The van der Waals surface area contributed by atoms with Crippen molar-refractivity contribution in [3.05, 3.63) is 41.1 Å². The minimum atomic E-state index is -0.202. The Hall–Kier alpha value is -2.61. The van der Waals surface area contributed by atoms with Gasteiger partial charge < -0.3 is 15.1 Å². The van der Waals surface area contributed by atoms with Crippen molar-refractivity contribution in [3.8, 4) is 5.69 Å². The number of piperidine rings is 1. The molecule has 27 heavy (non-hydrogen) atoms. The Kier molecular flexibility index (Phi) is 4.51. The van der Waals surface area contributed by atoms with Crippen LogP contribution in [0.5, 0.6) is 0 Å². The standard InChI is InChI=1S/C19H26N6O2/c1-22-10-3-8-19(12-22)9-11-24(13-19)17(26)21-15-4-6-16(7-5-15)25-18(27)23(2)14-20-25/h4-7,14H,3,8-13H2,1-2H3,(H,21,26). The fourth-order valence-corrected chi connectivity index (χ4v) is 4.34. The summed E-state index contributed by atoms with van der Waals surface area (Å²) in [4.78, 5) is 28.9. The second kappa shape index (κ2) is 6.84. The van der Waals surface area contributed by atoms with Crippen LogP contribution in [0.25, 0.3) is 5.69 Å². The van der Waals surface area contributed by atoms with Crippen molar-refractivity contribution in [2.75, 3.05) is 38.5 Å². The van der Waals surface area contributed by atoms with Gasteiger partial charge in [-0.15, -0.1) is 0 Å². The van der Waals surface area contributed by atoms with Crippen molar-refractivity contribution < 1.29 is 4.79 Å². The summed E-state index contributed by atoms with van der Waals surface area (Å²) in [7, 11) is 3.82. The van der Waals surface area contributed by atoms with Gasteiger partial charge in [-0.25, -0.2) is 9.59 Å². The molecule has 8 heteroatoms. The quantitative estimate of drug-likeness (QED) is 0.870. The summed E-state index contributed by atoms with van der Waals surface area (Å²) < 4.78 is 2.75. The molecule has 2 aromatic rings. The Bertz CT molecular complexity index is 886. The number of carbonyl (C=O) groups excluding carboxylic acids is 1. The van der Waals surface area contributed by atoms with Gasteiger partial charge in [-0.3, -0.25) is 4.57 Å². The van der Waals surface area contributed by atoms with E-state index in [0.717, 1.165) is 38.3 Å². The Balaban J connectivity index is 1.40. The molecule has 4 rings (SSSR count). The molecule has 2 fully saturated rings. The Morgan fingerprint density at radius 2 is 1.89 bits per heavy atom. The highest BCUT2D eigenvalue weighted by molar-refractivity contribution is 5.89. The average Bonchev–Trinajstić information content (AvgIpc) is 3.20. The molecule has 3 heterocycles. The van der Waals surface area contributed by atoms with Gasteiger partial charge >= 0.3 is 11.7 Å². The molecular formula is C19H26N6O2. The highest BCUT2D eigenvalue weighted by Crippen LogP contribution is 2.38. The average molecular weight is 370 g/mol. The van der Waals surface area contributed by atoms with Crippen LogP contribution >= 0.6 is 0 Å². The Morgan fingerprint density at radius 3 is 2.56 bits per heavy atom. The molecule has 1 aromatic carbocycles. The number of hydrogen-bond acceptors (Lipinski definition) is 4. The lowest BCUT2D eigenvalue weighted by Gasteiger charge is -2.38. The van der Waals surface area contributed by atoms with Crippen LogP contribution in [0.3, 0.4) is 0 Å². The number of hydrogen-bond donors (Lipinski definition) is 1. The van der Waals surface area contributed by atoms with Crippen molar-refractivity contribution in [2.24, 2.45) is 12.5 Å². The monoisotopic (exact) mass is 370 g/mol. The second-order valence-electron chi connectivity index (χ2n) is 7.93. The number of urea groups is 1. The first-order valence-corrected chi connectivity index (χ1v) is 9.41. The lowest BCUT2D eigenvalue weighted by atomic mass is 9.79. The van der Waals surface area contributed by atoms with Gasteiger partial charge in [-0.2, -0.15) is 9.78 Å². The molecule has 2 aliphatic rings. The topological polar surface area (TPSA) is 75.4 Å². The van der Waals surface area contributed by atoms with Crippen LogP contribution < -0.4 is 11.0 Å². The van der Waals surface area contributed by atoms with Crippen LogP contribution in [0.15, 0.2) is 35.4 Å². The molecule has 0 saturated carbocycles. The molecule has 0 bridgehead atoms. The maximum absolute atomic E-state index is 12.7. The molecule has 2 amide bonds. The first-order valence-electron chi connectivity index (χ1n) is 9.41. The van der Waals surface area contributed by atoms with Crippen molar-refractivity contribution in [3.63, 3.8) is 0 Å². The molecule has 1 atom stereocenters. The molecule has 1 aromatic heterocycles. The lowest BCUT2D eigenvalue weighted by Crippen LogP contribution is -2.44. The molecule has 2 aliphatic heterocycles. The van der Waals surface area contributed by atoms with Crippen molar-refractivity contribution in [1.82, 2.24) is 24.1 Å². The minimum absolute atomic E-state index is 0.0529. The van der Waals surface area contributed by atoms with E-state index in [2.05, 4.69) is 22.4 Å². The van der Waals surface area contributed by atoms with E-state index in [0.29, 0.717) is 5.69 Å². The van der Waals surface area contributed by atoms with Crippen molar-refractivity contribution in [2.45, 2.75) is 19.3 Å². The normalized spacial score (nSPS) is 23.1. The van der Waals surface area contributed by atoms with E-state index in [1.54, 1.807) is 31.3 Å². The number of nitrogens with zero attached hydrogens (tertiary/aromatic N) is 5. The summed E-state index contributed by atoms with van der Waals surface area (Å²) in [6.07, 6.45) is 4.96. The highest BCUT2D eigenvalue weighted by atomic mass is 16.2. The fraction of sp³-hybridized carbons (Fsp3) is 0.526. The molecule has 1 spiro atoms. The SMILES string of the molecule is CN1CCCC2(CCN(C(=O)Nc3ccc(-n4ncn(C)c4=O)cc3)C2)C1. The second-order valence-corrected chi connectivity index (χ2v) is 7.93. The predicted molar refractivity (Wildman–Crippen MR) is 103 cm³/mol. The van der Waals surface area contributed by atoms with Gasteiger partial charge in [0, 0.05) is 37.8 Å². The zero-order chi connectivity index (χ0) is 19.0. The Labute approximate surface area is 158 Å². The number of anilines is 1. The number of aromatic nitrogens is 3. The molecule has 144 valence electrons. The van der Waals surface area contributed by atoms with Gasteiger partial charge in [-0.05, 0) is 57.1 Å². The van der Waals surface area contributed by atoms with Gasteiger partial charge in [0.25, 0.3) is 0 Å². The third kappa shape index (κ3) is 3.49. The van der Waals surface area contributed by atoms with Gasteiger partial charge in [0.15, 0.2) is 0 Å². The predicted octanol–water partition coefficient (Wildman–Crippen LogP) is 1.52. The maximum Gasteiger partial charge on any atom is 0.350 e. The van der Waals surface area contributed by atoms with E-state index in [-0.39, 0.29) is 17.1 Å². The molecule has 8 nitrogen and oxygen atoms in total. The van der Waals surface area contributed by atoms with E-state index in [9.17, 15) is 9.59 Å². The van der Waals surface area contributed by atoms with E-state index in [1.807, 2.05) is 4.90 Å². The van der Waals surface area contributed by atoms with Gasteiger partial charge in [0.2, 0.25) is 0 Å². The molecule has 0 radical (unpaired) electrons. The summed E-state index contributed by atoms with van der Waals surface area (Å²) in [5.74, 6) is 0. The number of amides is 2. The molecule has 2 saturated heterocycles. The number of aryl methyl sites for hydroxylation is 1. The summed E-state index contributed by atoms with van der Waals surface area (Å²) in [5, 5.41) is 7.04. The third-order valence-electron chi connectivity index (χ3n) is 5.76. The smallest absolute Gasteiger partial charge is 0.324 e. The van der Waals surface area contributed by atoms with Crippen LogP contribution in [0.1, 0.15) is 19.3 Å². The van der Waals surface area contributed by atoms with E-state index in [4.69, 9.17) is 0 Å². The summed E-state index contributed by atoms with van der Waals surface area (Å²) in [5.41, 5.74) is 1.44. The number of likely N-dealkylation sites (tertiary alicyclic amines) is 2. The van der Waals surface area contributed by atoms with E-state index < -0.39 is 0 Å². The van der Waals surface area contributed by atoms with Crippen LogP contribution in [0.4, 0.5) is 10.5 Å². The third-order valence-corrected chi connectivity index (χ3v) is 5.76. The van der Waals surface area contributed by atoms with E-state index in [1.165, 1.54) is 28.4 Å². The number of benzene rings is 1. The maximum atomic E-state index is 12.7. The molecule has 1 N–H and O–H groups in total. The first kappa shape index (κ1) is 17.8.